The van der Waals surface area contributed by atoms with Gasteiger partial charge in [-0.1, -0.05) is 17.8 Å². The number of carbonyl (C=O) groups is 2. The van der Waals surface area contributed by atoms with Gasteiger partial charge in [-0.15, -0.1) is 0 Å². The molecule has 0 saturated heterocycles. The number of rotatable bonds is 7. The summed E-state index contributed by atoms with van der Waals surface area (Å²) < 4.78 is 29.9. The maximum Gasteiger partial charge on any atom is 0.309 e. The van der Waals surface area contributed by atoms with Gasteiger partial charge in [-0.25, -0.2) is 13.4 Å². The summed E-state index contributed by atoms with van der Waals surface area (Å²) in [7, 11) is -3.93. The molecule has 1 fully saturated rings. The minimum absolute atomic E-state index is 0.0326. The molecular weight excluding hydrogens is 410 g/mol. The highest BCUT2D eigenvalue weighted by Crippen LogP contribution is 2.30. The number of hydrogen-bond donors (Lipinski definition) is 1. The average molecular weight is 425 g/mol. The van der Waals surface area contributed by atoms with Crippen molar-refractivity contribution in [2.75, 3.05) is 11.9 Å². The molecule has 1 saturated carbocycles. The maximum atomic E-state index is 12.6. The normalized spacial score (nSPS) is 14.1. The third-order valence-electron chi connectivity index (χ3n) is 4.14. The SMILES string of the molecule is O=C(COC(=O)C1CCC1)Nc1ncc(S(=O)(=O)c2ccc([N+](=O)[O-])cc2)s1. The first-order valence-corrected chi connectivity index (χ1v) is 10.5. The second-order valence-corrected chi connectivity index (χ2v) is 9.23. The summed E-state index contributed by atoms with van der Waals surface area (Å²) >= 11 is 0.724. The number of non-ortho nitro benzene ring substituents is 1. The van der Waals surface area contributed by atoms with E-state index in [0.717, 1.165) is 61.1 Å². The van der Waals surface area contributed by atoms with Crippen molar-refractivity contribution in [1.82, 2.24) is 4.98 Å². The molecule has 1 aliphatic rings. The molecule has 1 aromatic heterocycles. The van der Waals surface area contributed by atoms with Gasteiger partial charge in [0, 0.05) is 12.1 Å². The second kappa shape index (κ2) is 8.02. The largest absolute Gasteiger partial charge is 0.455 e. The van der Waals surface area contributed by atoms with Crippen LogP contribution in [0.4, 0.5) is 10.8 Å². The zero-order valence-electron chi connectivity index (χ0n) is 14.4. The molecular formula is C16H15N3O7S2. The van der Waals surface area contributed by atoms with Crippen LogP contribution in [0.25, 0.3) is 0 Å². The summed E-state index contributed by atoms with van der Waals surface area (Å²) in [6.07, 6.45) is 3.57. The number of hydrogen-bond acceptors (Lipinski definition) is 9. The molecule has 0 bridgehead atoms. The Morgan fingerprint density at radius 1 is 1.29 bits per heavy atom. The van der Waals surface area contributed by atoms with Crippen LogP contribution >= 0.6 is 11.3 Å². The highest BCUT2D eigenvalue weighted by atomic mass is 32.2. The van der Waals surface area contributed by atoms with Gasteiger partial charge < -0.3 is 4.74 Å². The van der Waals surface area contributed by atoms with Gasteiger partial charge in [-0.05, 0) is 25.0 Å². The van der Waals surface area contributed by atoms with E-state index in [2.05, 4.69) is 10.3 Å². The fraction of sp³-hybridized carbons (Fsp3) is 0.312. The van der Waals surface area contributed by atoms with Crippen molar-refractivity contribution in [3.8, 4) is 0 Å². The molecule has 12 heteroatoms. The Morgan fingerprint density at radius 3 is 2.54 bits per heavy atom. The second-order valence-electron chi connectivity index (χ2n) is 6.02. The number of amides is 1. The van der Waals surface area contributed by atoms with Crippen molar-refractivity contribution in [3.05, 3.63) is 40.6 Å². The summed E-state index contributed by atoms with van der Waals surface area (Å²) in [5, 5.41) is 13.1. The Hall–Kier alpha value is -2.86. The summed E-state index contributed by atoms with van der Waals surface area (Å²) in [4.78, 5) is 37.2. The summed E-state index contributed by atoms with van der Waals surface area (Å²) in [6, 6.07) is 4.44. The maximum absolute atomic E-state index is 12.6. The fourth-order valence-electron chi connectivity index (χ4n) is 2.36. The van der Waals surface area contributed by atoms with E-state index >= 15 is 0 Å². The third-order valence-corrected chi connectivity index (χ3v) is 7.28. The van der Waals surface area contributed by atoms with Crippen molar-refractivity contribution < 1.29 is 27.7 Å². The Balaban J connectivity index is 1.62. The number of anilines is 1. The zero-order valence-corrected chi connectivity index (χ0v) is 16.0. The smallest absolute Gasteiger partial charge is 0.309 e. The minimum atomic E-state index is -3.93. The number of carbonyl (C=O) groups excluding carboxylic acids is 2. The van der Waals surface area contributed by atoms with Crippen LogP contribution in [-0.2, 0) is 24.2 Å². The van der Waals surface area contributed by atoms with E-state index in [-0.39, 0.29) is 25.8 Å². The van der Waals surface area contributed by atoms with Gasteiger partial charge in [-0.2, -0.15) is 0 Å². The van der Waals surface area contributed by atoms with E-state index in [4.69, 9.17) is 4.74 Å². The molecule has 28 heavy (non-hydrogen) atoms. The molecule has 0 spiro atoms. The predicted molar refractivity (Wildman–Crippen MR) is 97.6 cm³/mol. The van der Waals surface area contributed by atoms with Crippen LogP contribution in [0.3, 0.4) is 0 Å². The first-order valence-electron chi connectivity index (χ1n) is 8.19. The first kappa shape index (κ1) is 19.9. The Morgan fingerprint density at radius 2 is 1.96 bits per heavy atom. The van der Waals surface area contributed by atoms with Crippen LogP contribution in [0.2, 0.25) is 0 Å². The summed E-state index contributed by atoms with van der Waals surface area (Å²) in [5.74, 6) is -1.19. The lowest BCUT2D eigenvalue weighted by Gasteiger charge is -2.22. The number of benzene rings is 1. The molecule has 1 N–H and O–H groups in total. The van der Waals surface area contributed by atoms with Crippen molar-refractivity contribution in [3.63, 3.8) is 0 Å². The van der Waals surface area contributed by atoms with Gasteiger partial charge in [0.2, 0.25) is 9.84 Å². The molecule has 10 nitrogen and oxygen atoms in total. The monoisotopic (exact) mass is 425 g/mol. The minimum Gasteiger partial charge on any atom is -0.455 e. The topological polar surface area (TPSA) is 146 Å². The lowest BCUT2D eigenvalue weighted by atomic mass is 9.86. The molecule has 0 radical (unpaired) electrons. The first-order chi connectivity index (χ1) is 13.3. The van der Waals surface area contributed by atoms with Crippen LogP contribution in [0, 0.1) is 16.0 Å². The predicted octanol–water partition coefficient (Wildman–Crippen LogP) is 2.17. The molecule has 3 rings (SSSR count). The van der Waals surface area contributed by atoms with Crippen LogP contribution in [0.15, 0.2) is 39.6 Å². The lowest BCUT2D eigenvalue weighted by Crippen LogP contribution is -2.28. The van der Waals surface area contributed by atoms with Crippen LogP contribution in [-0.4, -0.2) is 36.8 Å². The quantitative estimate of drug-likeness (QED) is 0.403. The molecule has 0 atom stereocenters. The van der Waals surface area contributed by atoms with E-state index < -0.39 is 33.2 Å². The van der Waals surface area contributed by atoms with Crippen molar-refractivity contribution >= 4 is 43.9 Å². The van der Waals surface area contributed by atoms with Crippen molar-refractivity contribution in [2.24, 2.45) is 5.92 Å². The van der Waals surface area contributed by atoms with Gasteiger partial charge in [0.25, 0.3) is 11.6 Å². The van der Waals surface area contributed by atoms with E-state index in [0.29, 0.717) is 0 Å². The number of nitro groups is 1. The molecule has 0 aliphatic heterocycles. The Labute approximate surface area is 163 Å². The van der Waals surface area contributed by atoms with E-state index in [1.165, 1.54) is 0 Å². The number of thiazole rings is 1. The fourth-order valence-corrected chi connectivity index (χ4v) is 4.81. The number of esters is 1. The molecule has 1 heterocycles. The number of aromatic nitrogens is 1. The molecule has 1 amide bonds. The van der Waals surface area contributed by atoms with Crippen LogP contribution < -0.4 is 5.32 Å². The van der Waals surface area contributed by atoms with E-state index in [1.807, 2.05) is 0 Å². The molecule has 148 valence electrons. The zero-order chi connectivity index (χ0) is 20.3. The van der Waals surface area contributed by atoms with Gasteiger partial charge in [0.05, 0.1) is 21.9 Å². The number of nitrogens with zero attached hydrogens (tertiary/aromatic N) is 2. The van der Waals surface area contributed by atoms with Gasteiger partial charge in [0.15, 0.2) is 11.7 Å². The standard InChI is InChI=1S/C16H15N3O7S2/c20-13(9-26-15(21)10-2-1-3-10)18-16-17-8-14(27-16)28(24,25)12-6-4-11(5-7-12)19(22)23/h4-8,10H,1-3,9H2,(H,17,18,20). The van der Waals surface area contributed by atoms with Crippen LogP contribution in [0.1, 0.15) is 19.3 Å². The summed E-state index contributed by atoms with van der Waals surface area (Å²) in [6.45, 7) is -0.473. The Bertz CT molecular complexity index is 1010. The highest BCUT2D eigenvalue weighted by molar-refractivity contribution is 7.93. The lowest BCUT2D eigenvalue weighted by molar-refractivity contribution is -0.384. The van der Waals surface area contributed by atoms with Gasteiger partial charge >= 0.3 is 5.97 Å². The number of sulfone groups is 1. The molecule has 1 aliphatic carbocycles. The summed E-state index contributed by atoms with van der Waals surface area (Å²) in [5.41, 5.74) is -0.229. The number of nitro benzene ring substituents is 1. The molecule has 2 aromatic rings. The third kappa shape index (κ3) is 4.34. The number of nitrogens with one attached hydrogen (secondary N) is 1. The van der Waals surface area contributed by atoms with Crippen molar-refractivity contribution in [2.45, 2.75) is 28.4 Å². The van der Waals surface area contributed by atoms with Crippen molar-refractivity contribution in [1.29, 1.82) is 0 Å². The van der Waals surface area contributed by atoms with Crippen LogP contribution in [0.5, 0.6) is 0 Å². The molecule has 0 unspecified atom stereocenters. The van der Waals surface area contributed by atoms with E-state index in [1.54, 1.807) is 0 Å². The Kier molecular flexibility index (Phi) is 5.70. The highest BCUT2D eigenvalue weighted by Gasteiger charge is 2.27. The van der Waals surface area contributed by atoms with Gasteiger partial charge in [-0.3, -0.25) is 25.0 Å². The van der Waals surface area contributed by atoms with Gasteiger partial charge in [0.1, 0.15) is 4.21 Å². The number of ether oxygens (including phenoxy) is 1. The van der Waals surface area contributed by atoms with E-state index in [9.17, 15) is 28.1 Å². The average Bonchev–Trinajstić information content (AvgIpc) is 3.08. The molecule has 1 aromatic carbocycles.